The predicted molar refractivity (Wildman–Crippen MR) is 68.6 cm³/mol. The van der Waals surface area contributed by atoms with Crippen molar-refractivity contribution in [3.8, 4) is 0 Å². The maximum atomic E-state index is 2.48. The van der Waals surface area contributed by atoms with Crippen molar-refractivity contribution in [1.82, 2.24) is 0 Å². The molecule has 1 heteroatoms. The fraction of sp³-hybridized carbons (Fsp3) is 1.00. The van der Waals surface area contributed by atoms with Crippen LogP contribution in [0.1, 0.15) is 55.4 Å². The van der Waals surface area contributed by atoms with Crippen molar-refractivity contribution in [3.05, 3.63) is 0 Å². The van der Waals surface area contributed by atoms with E-state index in [-0.39, 0.29) is 0 Å². The Morgan fingerprint density at radius 1 is 0.929 bits per heavy atom. The monoisotopic (exact) mass is 212 g/mol. The molecule has 1 atom stereocenters. The zero-order valence-corrected chi connectivity index (χ0v) is 12.4. The summed E-state index contributed by atoms with van der Waals surface area (Å²) in [7, 11) is -1.05. The summed E-state index contributed by atoms with van der Waals surface area (Å²) in [5.74, 6) is 0.903. The molecule has 0 N–H and O–H groups in total. The lowest BCUT2D eigenvalue weighted by Crippen LogP contribution is -2.40. The minimum Gasteiger partial charge on any atom is -0.0628 e. The average Bonchev–Trinajstić information content (AvgIpc) is 2.54. The van der Waals surface area contributed by atoms with E-state index in [0.29, 0.717) is 10.1 Å². The second-order valence-corrected chi connectivity index (χ2v) is 13.6. The van der Waals surface area contributed by atoms with Crippen LogP contribution in [0.2, 0.25) is 21.7 Å². The molecule has 0 aromatic heterocycles. The molecule has 1 saturated heterocycles. The number of rotatable bonds is 1. The van der Waals surface area contributed by atoms with Gasteiger partial charge >= 0.3 is 0 Å². The van der Waals surface area contributed by atoms with E-state index in [4.69, 9.17) is 0 Å². The fourth-order valence-electron chi connectivity index (χ4n) is 3.94. The highest BCUT2D eigenvalue weighted by atomic mass is 28.3. The Morgan fingerprint density at radius 2 is 1.29 bits per heavy atom. The minimum atomic E-state index is -1.05. The van der Waals surface area contributed by atoms with E-state index in [1.54, 1.807) is 6.04 Å². The predicted octanol–water partition coefficient (Wildman–Crippen LogP) is 5.08. The van der Waals surface area contributed by atoms with Crippen LogP contribution < -0.4 is 0 Å². The zero-order chi connectivity index (χ0) is 11.4. The maximum absolute atomic E-state index is 2.48. The van der Waals surface area contributed by atoms with Gasteiger partial charge in [-0.1, -0.05) is 61.4 Å². The summed E-state index contributed by atoms with van der Waals surface area (Å²) in [6, 6.07) is 1.57. The number of hydrogen-bond donors (Lipinski definition) is 0. The maximum Gasteiger partial charge on any atom is 0.0674 e. The van der Waals surface area contributed by atoms with Gasteiger partial charge in [0.25, 0.3) is 0 Å². The van der Waals surface area contributed by atoms with Gasteiger partial charge in [-0.15, -0.1) is 0 Å². The molecule has 0 aromatic carbocycles. The third-order valence-corrected chi connectivity index (χ3v) is 12.5. The lowest BCUT2D eigenvalue weighted by atomic mass is 10.2. The smallest absolute Gasteiger partial charge is 0.0628 e. The summed E-state index contributed by atoms with van der Waals surface area (Å²) in [5, 5.41) is 1.17. The highest BCUT2D eigenvalue weighted by Gasteiger charge is 2.68. The summed E-state index contributed by atoms with van der Waals surface area (Å²) in [6.07, 6.45) is 0. The first-order chi connectivity index (χ1) is 6.04. The Balaban J connectivity index is 3.00. The highest BCUT2D eigenvalue weighted by molar-refractivity contribution is 6.95. The molecule has 1 aliphatic rings. The molecule has 1 fully saturated rings. The summed E-state index contributed by atoms with van der Waals surface area (Å²) in [5.41, 5.74) is 1.07. The van der Waals surface area contributed by atoms with E-state index >= 15 is 0 Å². The lowest BCUT2D eigenvalue weighted by molar-refractivity contribution is 0.601. The van der Waals surface area contributed by atoms with Crippen LogP contribution in [0.5, 0.6) is 0 Å². The summed E-state index contributed by atoms with van der Waals surface area (Å²) < 4.78 is 0. The Hall–Kier alpha value is 0.217. The van der Waals surface area contributed by atoms with E-state index in [1.807, 2.05) is 0 Å². The molecule has 1 rings (SSSR count). The molecule has 0 radical (unpaired) electrons. The molecule has 1 unspecified atom stereocenters. The van der Waals surface area contributed by atoms with Crippen LogP contribution in [0.3, 0.4) is 0 Å². The summed E-state index contributed by atoms with van der Waals surface area (Å²) in [6.45, 7) is 19.7. The van der Waals surface area contributed by atoms with Crippen LogP contribution in [-0.2, 0) is 0 Å². The molecule has 0 saturated carbocycles. The van der Waals surface area contributed by atoms with Crippen LogP contribution in [0, 0.1) is 5.92 Å². The van der Waals surface area contributed by atoms with Gasteiger partial charge < -0.3 is 0 Å². The third-order valence-electron chi connectivity index (χ3n) is 4.50. The van der Waals surface area contributed by atoms with Crippen molar-refractivity contribution < 1.29 is 0 Å². The lowest BCUT2D eigenvalue weighted by Gasteiger charge is -2.42. The Labute approximate surface area is 91.5 Å². The van der Waals surface area contributed by atoms with Crippen molar-refractivity contribution in [2.75, 3.05) is 0 Å². The first-order valence-corrected chi connectivity index (χ1v) is 8.32. The van der Waals surface area contributed by atoms with E-state index in [0.717, 1.165) is 11.5 Å². The molecule has 0 nitrogen and oxygen atoms in total. The largest absolute Gasteiger partial charge is 0.0674 e. The molecule has 0 aromatic rings. The highest BCUT2D eigenvalue weighted by Crippen LogP contribution is 2.73. The van der Waals surface area contributed by atoms with Gasteiger partial charge in [0.15, 0.2) is 0 Å². The molecule has 84 valence electrons. The van der Waals surface area contributed by atoms with Crippen LogP contribution in [0.15, 0.2) is 0 Å². The molecule has 0 amide bonds. The number of hydrogen-bond acceptors (Lipinski definition) is 0. The van der Waals surface area contributed by atoms with E-state index < -0.39 is 8.07 Å². The normalized spacial score (nSPS) is 26.8. The van der Waals surface area contributed by atoms with Crippen molar-refractivity contribution in [2.45, 2.75) is 77.1 Å². The standard InChI is InChI=1S/C13H28Si/c1-10(2)11-9-14(11,12(3,4)5)13(6,7)8/h10-11H,9H2,1-8H3. The van der Waals surface area contributed by atoms with Crippen LogP contribution >= 0.6 is 0 Å². The molecule has 1 heterocycles. The van der Waals surface area contributed by atoms with Crippen molar-refractivity contribution in [1.29, 1.82) is 0 Å². The van der Waals surface area contributed by atoms with Gasteiger partial charge in [0.1, 0.15) is 0 Å². The Morgan fingerprint density at radius 3 is 1.36 bits per heavy atom. The molecular weight excluding hydrogens is 184 g/mol. The minimum absolute atomic E-state index is 0.584. The first-order valence-electron chi connectivity index (χ1n) is 6.04. The fourth-order valence-corrected chi connectivity index (χ4v) is 12.4. The van der Waals surface area contributed by atoms with Crippen molar-refractivity contribution in [2.24, 2.45) is 5.92 Å². The molecule has 0 spiro atoms. The van der Waals surface area contributed by atoms with Crippen LogP contribution in [-0.4, -0.2) is 8.07 Å². The second-order valence-electron chi connectivity index (χ2n) is 7.53. The van der Waals surface area contributed by atoms with Crippen LogP contribution in [0.4, 0.5) is 0 Å². The Bertz CT molecular complexity index is 200. The Kier molecular flexibility index (Phi) is 2.72. The van der Waals surface area contributed by atoms with E-state index in [9.17, 15) is 0 Å². The van der Waals surface area contributed by atoms with Gasteiger partial charge in [-0.05, 0) is 21.5 Å². The topological polar surface area (TPSA) is 0 Å². The van der Waals surface area contributed by atoms with Gasteiger partial charge in [0.05, 0.1) is 8.07 Å². The molecular formula is C13H28Si. The molecule has 0 aliphatic carbocycles. The molecule has 14 heavy (non-hydrogen) atoms. The quantitative estimate of drug-likeness (QED) is 0.532. The molecule has 1 aliphatic heterocycles. The first kappa shape index (κ1) is 12.3. The second kappa shape index (κ2) is 3.10. The van der Waals surface area contributed by atoms with Crippen molar-refractivity contribution in [3.63, 3.8) is 0 Å². The van der Waals surface area contributed by atoms with E-state index in [2.05, 4.69) is 55.4 Å². The third kappa shape index (κ3) is 1.58. The van der Waals surface area contributed by atoms with E-state index in [1.165, 1.54) is 0 Å². The van der Waals surface area contributed by atoms with Gasteiger partial charge in [-0.2, -0.15) is 0 Å². The SMILES string of the molecule is CC(C)C1C[Si]1(C(C)(C)C)C(C)(C)C. The van der Waals surface area contributed by atoms with Gasteiger partial charge in [0.2, 0.25) is 0 Å². The molecule has 0 bridgehead atoms. The van der Waals surface area contributed by atoms with Crippen LogP contribution in [0.25, 0.3) is 0 Å². The van der Waals surface area contributed by atoms with Gasteiger partial charge in [-0.25, -0.2) is 0 Å². The van der Waals surface area contributed by atoms with Crippen molar-refractivity contribution >= 4 is 8.07 Å². The average molecular weight is 212 g/mol. The van der Waals surface area contributed by atoms with Gasteiger partial charge in [-0.3, -0.25) is 0 Å². The zero-order valence-electron chi connectivity index (χ0n) is 11.4. The van der Waals surface area contributed by atoms with Gasteiger partial charge in [0, 0.05) is 0 Å². The summed E-state index contributed by atoms with van der Waals surface area (Å²) >= 11 is 0. The summed E-state index contributed by atoms with van der Waals surface area (Å²) in [4.78, 5) is 0.